The highest BCUT2D eigenvalue weighted by atomic mass is 32.2. The molecule has 0 radical (unpaired) electrons. The average molecular weight is 588 g/mol. The van der Waals surface area contributed by atoms with Crippen LogP contribution in [0.1, 0.15) is 42.4 Å². The number of pyridine rings is 1. The summed E-state index contributed by atoms with van der Waals surface area (Å²) < 4.78 is 37.2. The lowest BCUT2D eigenvalue weighted by molar-refractivity contribution is -0.00546. The minimum absolute atomic E-state index is 0.123. The van der Waals surface area contributed by atoms with Crippen molar-refractivity contribution in [2.45, 2.75) is 56.3 Å². The summed E-state index contributed by atoms with van der Waals surface area (Å²) in [5, 5.41) is 4.09. The predicted molar refractivity (Wildman–Crippen MR) is 159 cm³/mol. The van der Waals surface area contributed by atoms with E-state index in [2.05, 4.69) is 34.0 Å². The number of rotatable bonds is 5. The molecule has 1 amide bonds. The summed E-state index contributed by atoms with van der Waals surface area (Å²) in [4.78, 5) is 29.2. The molecule has 1 fully saturated rings. The third kappa shape index (κ3) is 5.72. The molecule has 42 heavy (non-hydrogen) atoms. The first-order valence-electron chi connectivity index (χ1n) is 14.0. The number of nitrogens with zero attached hydrogens (tertiary/aromatic N) is 4. The smallest absolute Gasteiger partial charge is 0.251 e. The molecular formula is C31H33N5O5S. The Bertz CT molecular complexity index is 1750. The van der Waals surface area contributed by atoms with Crippen LogP contribution in [-0.4, -0.2) is 66.4 Å². The molecule has 10 nitrogen and oxygen atoms in total. The van der Waals surface area contributed by atoms with Crippen molar-refractivity contribution in [2.24, 2.45) is 0 Å². The second-order valence-electron chi connectivity index (χ2n) is 11.0. The van der Waals surface area contributed by atoms with Crippen LogP contribution < -0.4 is 10.2 Å². The number of nitrogens with one attached hydrogen (secondary N) is 1. The zero-order valence-electron chi connectivity index (χ0n) is 23.8. The van der Waals surface area contributed by atoms with Crippen LogP contribution in [0.25, 0.3) is 22.2 Å². The molecule has 0 saturated carbocycles. The highest BCUT2D eigenvalue weighted by Gasteiger charge is 2.30. The van der Waals surface area contributed by atoms with Gasteiger partial charge in [0.25, 0.3) is 5.91 Å². The van der Waals surface area contributed by atoms with Gasteiger partial charge < -0.3 is 19.7 Å². The van der Waals surface area contributed by atoms with Crippen molar-refractivity contribution >= 4 is 32.3 Å². The van der Waals surface area contributed by atoms with E-state index in [4.69, 9.17) is 14.5 Å². The number of fused-ring (bicyclic) bond motifs is 2. The number of benzene rings is 2. The van der Waals surface area contributed by atoms with Crippen LogP contribution in [0.5, 0.6) is 0 Å². The van der Waals surface area contributed by atoms with Crippen LogP contribution in [0.3, 0.4) is 0 Å². The number of carbonyl (C=O) groups excluding carboxylic acids is 1. The van der Waals surface area contributed by atoms with Gasteiger partial charge in [0.2, 0.25) is 0 Å². The number of ether oxygens (including phenoxy) is 2. The Hall–Kier alpha value is -3.93. The lowest BCUT2D eigenvalue weighted by Crippen LogP contribution is -2.45. The van der Waals surface area contributed by atoms with Gasteiger partial charge in [-0.05, 0) is 62.1 Å². The number of hydrogen-bond donors (Lipinski definition) is 1. The first kappa shape index (κ1) is 28.2. The molecule has 11 heteroatoms. The quantitative estimate of drug-likeness (QED) is 0.370. The summed E-state index contributed by atoms with van der Waals surface area (Å²) >= 11 is 0. The first-order valence-corrected chi connectivity index (χ1v) is 15.6. The van der Waals surface area contributed by atoms with Crippen LogP contribution in [0, 0.1) is 0 Å². The highest BCUT2D eigenvalue weighted by molar-refractivity contribution is 7.92. The summed E-state index contributed by atoms with van der Waals surface area (Å²) in [6, 6.07) is 14.5. The van der Waals surface area contributed by atoms with E-state index < -0.39 is 15.1 Å². The van der Waals surface area contributed by atoms with Crippen molar-refractivity contribution in [1.29, 1.82) is 0 Å². The van der Waals surface area contributed by atoms with Gasteiger partial charge >= 0.3 is 0 Å². The van der Waals surface area contributed by atoms with Gasteiger partial charge in [0.1, 0.15) is 5.82 Å². The summed E-state index contributed by atoms with van der Waals surface area (Å²) in [6.07, 6.45) is 3.80. The van der Waals surface area contributed by atoms with E-state index in [0.29, 0.717) is 17.1 Å². The van der Waals surface area contributed by atoms with Crippen molar-refractivity contribution in [1.82, 2.24) is 20.3 Å². The van der Waals surface area contributed by atoms with Gasteiger partial charge in [0.05, 0.1) is 47.8 Å². The Morgan fingerprint density at radius 1 is 1.00 bits per heavy atom. The summed E-state index contributed by atoms with van der Waals surface area (Å²) in [5.74, 6) is 1.12. The maximum Gasteiger partial charge on any atom is 0.251 e. The molecule has 2 aliphatic rings. The standard InChI is InChI=1S/C31H33N5O5S/c1-19-15-36(16-20(2)41-19)29-8-9-32-30(35-29)22-4-6-24-13-33-27(11-26(24)10-22)14-34-31(37)23-5-7-25-18-40-17-21(3)42(38,39)28(25)12-23/h4-13,19-21H,14-18H2,1-3H3,(H,34,37)/t19-,20+,21-/m0/s1. The molecule has 4 aromatic rings. The normalized spacial score (nSPS) is 21.9. The maximum atomic E-state index is 13.0. The number of morpholine rings is 1. The number of sulfone groups is 1. The average Bonchev–Trinajstić information content (AvgIpc) is 3.09. The van der Waals surface area contributed by atoms with Crippen LogP contribution >= 0.6 is 0 Å². The summed E-state index contributed by atoms with van der Waals surface area (Å²) in [6.45, 7) is 7.79. The van der Waals surface area contributed by atoms with Gasteiger partial charge in [-0.1, -0.05) is 18.2 Å². The first-order chi connectivity index (χ1) is 20.2. The Kier molecular flexibility index (Phi) is 7.65. The van der Waals surface area contributed by atoms with E-state index in [1.807, 2.05) is 30.3 Å². The second-order valence-corrected chi connectivity index (χ2v) is 13.3. The Morgan fingerprint density at radius 3 is 2.62 bits per heavy atom. The van der Waals surface area contributed by atoms with Gasteiger partial charge in [-0.2, -0.15) is 0 Å². The van der Waals surface area contributed by atoms with Crippen molar-refractivity contribution in [3.05, 3.63) is 77.7 Å². The summed E-state index contributed by atoms with van der Waals surface area (Å²) in [7, 11) is -3.58. The minimum atomic E-state index is -3.58. The molecule has 0 spiro atoms. The number of amides is 1. The monoisotopic (exact) mass is 587 g/mol. The van der Waals surface area contributed by atoms with Gasteiger partial charge in [-0.15, -0.1) is 0 Å². The molecule has 0 unspecified atom stereocenters. The fourth-order valence-electron chi connectivity index (χ4n) is 5.45. The molecule has 0 bridgehead atoms. The number of carbonyl (C=O) groups is 1. The predicted octanol–water partition coefficient (Wildman–Crippen LogP) is 3.93. The molecule has 4 heterocycles. The third-order valence-electron chi connectivity index (χ3n) is 7.63. The molecule has 2 aromatic carbocycles. The molecule has 2 aliphatic heterocycles. The van der Waals surface area contributed by atoms with Crippen molar-refractivity contribution in [2.75, 3.05) is 24.6 Å². The second kappa shape index (κ2) is 11.4. The Balaban J connectivity index is 1.19. The largest absolute Gasteiger partial charge is 0.375 e. The molecule has 0 aliphatic carbocycles. The fraction of sp³-hybridized carbons (Fsp3) is 0.355. The Morgan fingerprint density at radius 2 is 1.81 bits per heavy atom. The molecule has 3 atom stereocenters. The van der Waals surface area contributed by atoms with Gasteiger partial charge in [0.15, 0.2) is 15.7 Å². The Labute approximate surface area is 245 Å². The van der Waals surface area contributed by atoms with E-state index >= 15 is 0 Å². The molecular weight excluding hydrogens is 554 g/mol. The maximum absolute atomic E-state index is 13.0. The third-order valence-corrected chi connectivity index (χ3v) is 9.82. The van der Waals surface area contributed by atoms with E-state index in [1.165, 1.54) is 6.07 Å². The highest BCUT2D eigenvalue weighted by Crippen LogP contribution is 2.27. The van der Waals surface area contributed by atoms with Crippen molar-refractivity contribution in [3.8, 4) is 11.4 Å². The topological polar surface area (TPSA) is 124 Å². The van der Waals surface area contributed by atoms with Crippen LogP contribution in [0.15, 0.2) is 65.8 Å². The zero-order valence-corrected chi connectivity index (χ0v) is 24.6. The van der Waals surface area contributed by atoms with Gasteiger partial charge in [-0.3, -0.25) is 9.78 Å². The van der Waals surface area contributed by atoms with Crippen LogP contribution in [0.2, 0.25) is 0 Å². The van der Waals surface area contributed by atoms with Crippen LogP contribution in [-0.2, 0) is 32.5 Å². The molecule has 6 rings (SSSR count). The molecule has 1 saturated heterocycles. The number of aromatic nitrogens is 3. The van der Waals surface area contributed by atoms with E-state index in [0.717, 1.165) is 35.2 Å². The van der Waals surface area contributed by atoms with E-state index in [9.17, 15) is 13.2 Å². The van der Waals surface area contributed by atoms with Gasteiger partial charge in [-0.25, -0.2) is 18.4 Å². The zero-order chi connectivity index (χ0) is 29.4. The minimum Gasteiger partial charge on any atom is -0.375 e. The SMILES string of the molecule is C[C@@H]1CN(c2ccnc(-c3ccc4cnc(CNC(=O)c5ccc6c(c5)S(=O)(=O)[C@@H](C)COC6)cc4c3)n2)C[C@H](C)O1. The van der Waals surface area contributed by atoms with Gasteiger partial charge in [0, 0.05) is 42.0 Å². The molecule has 2 aromatic heterocycles. The lowest BCUT2D eigenvalue weighted by atomic mass is 10.1. The van der Waals surface area contributed by atoms with Crippen LogP contribution in [0.4, 0.5) is 5.82 Å². The number of anilines is 1. The molecule has 1 N–H and O–H groups in total. The van der Waals surface area contributed by atoms with E-state index in [-0.39, 0.29) is 48.3 Å². The van der Waals surface area contributed by atoms with E-state index in [1.54, 1.807) is 31.5 Å². The molecule has 218 valence electrons. The van der Waals surface area contributed by atoms with Crippen molar-refractivity contribution < 1.29 is 22.7 Å². The fourth-order valence-corrected chi connectivity index (χ4v) is 6.94. The number of hydrogen-bond acceptors (Lipinski definition) is 9. The lowest BCUT2D eigenvalue weighted by Gasteiger charge is -2.36. The summed E-state index contributed by atoms with van der Waals surface area (Å²) in [5.41, 5.74) is 2.38. The van der Waals surface area contributed by atoms with Crippen molar-refractivity contribution in [3.63, 3.8) is 0 Å².